The van der Waals surface area contributed by atoms with Crippen molar-refractivity contribution in [3.8, 4) is 22.5 Å². The van der Waals surface area contributed by atoms with Gasteiger partial charge in [0.1, 0.15) is 0 Å². The standard InChI is InChI=1S/C27H26Cl2N8O3/c28-19-8-4-17(5-9-19)23-24(18-6-10-20(29)11-7-18)33-25(26(38)34-36-12-2-1-3-13-36)22(32-23)16-37-21(15-31-35-37)14-30-27(39)40/h4-11,15,30H,1-3,12-14,16H2,(H,34,38)(H,39,40). The lowest BCUT2D eigenvalue weighted by atomic mass is 10.0. The minimum Gasteiger partial charge on any atom is -0.465 e. The van der Waals surface area contributed by atoms with Crippen LogP contribution in [0.1, 0.15) is 41.1 Å². The number of hydrazine groups is 1. The van der Waals surface area contributed by atoms with Gasteiger partial charge in [-0.1, -0.05) is 59.1 Å². The van der Waals surface area contributed by atoms with Crippen LogP contribution >= 0.6 is 23.2 Å². The number of amides is 2. The van der Waals surface area contributed by atoms with Gasteiger partial charge in [0.25, 0.3) is 5.91 Å². The molecule has 0 spiro atoms. The number of benzene rings is 2. The summed E-state index contributed by atoms with van der Waals surface area (Å²) in [5.74, 6) is -0.396. The van der Waals surface area contributed by atoms with E-state index < -0.39 is 12.0 Å². The van der Waals surface area contributed by atoms with Crippen molar-refractivity contribution in [2.45, 2.75) is 32.4 Å². The van der Waals surface area contributed by atoms with Gasteiger partial charge in [0.15, 0.2) is 5.69 Å². The quantitative estimate of drug-likeness (QED) is 0.273. The number of halogens is 2. The van der Waals surface area contributed by atoms with E-state index >= 15 is 0 Å². The first-order valence-electron chi connectivity index (χ1n) is 12.7. The summed E-state index contributed by atoms with van der Waals surface area (Å²) < 4.78 is 1.49. The number of nitrogens with one attached hydrogen (secondary N) is 2. The average molecular weight is 581 g/mol. The fourth-order valence-corrected chi connectivity index (χ4v) is 4.69. The van der Waals surface area contributed by atoms with Crippen molar-refractivity contribution in [1.29, 1.82) is 0 Å². The first-order valence-corrected chi connectivity index (χ1v) is 13.5. The van der Waals surface area contributed by atoms with Crippen molar-refractivity contribution in [2.24, 2.45) is 0 Å². The number of carbonyl (C=O) groups excluding carboxylic acids is 1. The molecule has 0 aliphatic carbocycles. The van der Waals surface area contributed by atoms with E-state index in [1.54, 1.807) is 24.3 Å². The molecule has 0 saturated carbocycles. The molecule has 4 aromatic rings. The van der Waals surface area contributed by atoms with Crippen molar-refractivity contribution in [1.82, 2.24) is 40.7 Å². The van der Waals surface area contributed by atoms with Crippen LogP contribution in [-0.4, -0.2) is 60.2 Å². The molecule has 11 nitrogen and oxygen atoms in total. The second-order valence-corrected chi connectivity index (χ2v) is 10.1. The van der Waals surface area contributed by atoms with Gasteiger partial charge in [-0.15, -0.1) is 5.10 Å². The van der Waals surface area contributed by atoms with Crippen LogP contribution in [0.4, 0.5) is 4.79 Å². The lowest BCUT2D eigenvalue weighted by Crippen LogP contribution is -2.45. The fourth-order valence-electron chi connectivity index (χ4n) is 4.44. The van der Waals surface area contributed by atoms with E-state index in [9.17, 15) is 9.59 Å². The number of hydrogen-bond donors (Lipinski definition) is 3. The van der Waals surface area contributed by atoms with Gasteiger partial charge in [0.2, 0.25) is 0 Å². The summed E-state index contributed by atoms with van der Waals surface area (Å²) >= 11 is 12.3. The summed E-state index contributed by atoms with van der Waals surface area (Å²) in [5, 5.41) is 22.4. The highest BCUT2D eigenvalue weighted by Gasteiger charge is 2.24. The Kier molecular flexibility index (Phi) is 8.54. The summed E-state index contributed by atoms with van der Waals surface area (Å²) in [6.07, 6.45) is 3.38. The van der Waals surface area contributed by atoms with Gasteiger partial charge >= 0.3 is 6.09 Å². The van der Waals surface area contributed by atoms with Crippen molar-refractivity contribution in [2.75, 3.05) is 13.1 Å². The second-order valence-electron chi connectivity index (χ2n) is 9.26. The van der Waals surface area contributed by atoms with Gasteiger partial charge in [0.05, 0.1) is 42.1 Å². The zero-order chi connectivity index (χ0) is 28.1. The summed E-state index contributed by atoms with van der Waals surface area (Å²) in [6.45, 7) is 1.51. The Morgan fingerprint density at radius 1 is 0.875 bits per heavy atom. The zero-order valence-electron chi connectivity index (χ0n) is 21.3. The molecule has 5 rings (SSSR count). The molecule has 206 valence electrons. The lowest BCUT2D eigenvalue weighted by Gasteiger charge is -2.27. The summed E-state index contributed by atoms with van der Waals surface area (Å²) in [7, 11) is 0. The lowest BCUT2D eigenvalue weighted by molar-refractivity contribution is 0.0743. The molecule has 0 bridgehead atoms. The van der Waals surface area contributed by atoms with E-state index in [2.05, 4.69) is 21.1 Å². The molecular weight excluding hydrogens is 555 g/mol. The predicted molar refractivity (Wildman–Crippen MR) is 150 cm³/mol. The maximum absolute atomic E-state index is 13.7. The molecule has 1 saturated heterocycles. The van der Waals surface area contributed by atoms with E-state index in [0.717, 1.165) is 43.5 Å². The van der Waals surface area contributed by atoms with Crippen LogP contribution in [0.2, 0.25) is 10.0 Å². The van der Waals surface area contributed by atoms with E-state index in [1.807, 2.05) is 29.3 Å². The van der Waals surface area contributed by atoms with Crippen LogP contribution in [0.15, 0.2) is 54.7 Å². The number of rotatable bonds is 8. The van der Waals surface area contributed by atoms with Crippen LogP contribution in [0, 0.1) is 0 Å². The number of hydrogen-bond acceptors (Lipinski definition) is 7. The van der Waals surface area contributed by atoms with Crippen molar-refractivity contribution < 1.29 is 14.7 Å². The van der Waals surface area contributed by atoms with Crippen LogP contribution in [0.25, 0.3) is 22.5 Å². The van der Waals surface area contributed by atoms with Gasteiger partial charge in [-0.05, 0) is 37.1 Å². The Labute approximate surface area is 240 Å². The van der Waals surface area contributed by atoms with Gasteiger partial charge in [-0.3, -0.25) is 10.2 Å². The minimum atomic E-state index is -1.17. The second kappa shape index (κ2) is 12.4. The van der Waals surface area contributed by atoms with Gasteiger partial charge < -0.3 is 10.4 Å². The third kappa shape index (κ3) is 6.56. The third-order valence-electron chi connectivity index (χ3n) is 6.45. The highest BCUT2D eigenvalue weighted by atomic mass is 35.5. The molecule has 1 aliphatic heterocycles. The first kappa shape index (κ1) is 27.5. The SMILES string of the molecule is O=C(O)NCc1cnnn1Cc1nc(-c2ccc(Cl)cc2)c(-c2ccc(Cl)cc2)nc1C(=O)NN1CCCCC1. The number of nitrogens with zero attached hydrogens (tertiary/aromatic N) is 6. The number of piperidine rings is 1. The molecule has 40 heavy (non-hydrogen) atoms. The highest BCUT2D eigenvalue weighted by molar-refractivity contribution is 6.31. The van der Waals surface area contributed by atoms with Crippen molar-refractivity contribution in [3.63, 3.8) is 0 Å². The van der Waals surface area contributed by atoms with Crippen LogP contribution in [-0.2, 0) is 13.1 Å². The maximum Gasteiger partial charge on any atom is 0.404 e. The Morgan fingerprint density at radius 3 is 2.08 bits per heavy atom. The molecule has 1 aliphatic rings. The molecule has 1 fully saturated rings. The summed E-state index contributed by atoms with van der Waals surface area (Å²) in [6, 6.07) is 14.3. The molecule has 2 aromatic heterocycles. The largest absolute Gasteiger partial charge is 0.465 e. The van der Waals surface area contributed by atoms with Crippen molar-refractivity contribution in [3.05, 3.63) is 81.9 Å². The Bertz CT molecular complexity index is 1500. The van der Waals surface area contributed by atoms with E-state index in [0.29, 0.717) is 32.8 Å². The molecule has 0 unspecified atom stereocenters. The van der Waals surface area contributed by atoms with E-state index in [1.165, 1.54) is 10.9 Å². The fraction of sp³-hybridized carbons (Fsp3) is 0.259. The normalized spacial score (nSPS) is 13.7. The molecule has 3 N–H and O–H groups in total. The zero-order valence-corrected chi connectivity index (χ0v) is 22.9. The van der Waals surface area contributed by atoms with E-state index in [-0.39, 0.29) is 18.8 Å². The molecule has 2 amide bonds. The average Bonchev–Trinajstić information content (AvgIpc) is 3.40. The molecule has 0 atom stereocenters. The number of carbonyl (C=O) groups is 2. The Balaban J connectivity index is 1.63. The Hall–Kier alpha value is -4.06. The molecule has 13 heteroatoms. The molecule has 0 radical (unpaired) electrons. The predicted octanol–water partition coefficient (Wildman–Crippen LogP) is 4.66. The number of carboxylic acid groups (broad SMARTS) is 1. The Morgan fingerprint density at radius 2 is 1.48 bits per heavy atom. The summed E-state index contributed by atoms with van der Waals surface area (Å²) in [5.41, 5.74) is 6.47. The van der Waals surface area contributed by atoms with Crippen LogP contribution < -0.4 is 10.7 Å². The van der Waals surface area contributed by atoms with Gasteiger partial charge in [-0.25, -0.2) is 24.5 Å². The topological polar surface area (TPSA) is 138 Å². The monoisotopic (exact) mass is 580 g/mol. The number of aromatic nitrogens is 5. The molecular formula is C27H26Cl2N8O3. The smallest absolute Gasteiger partial charge is 0.404 e. The minimum absolute atomic E-state index is 0.0159. The van der Waals surface area contributed by atoms with E-state index in [4.69, 9.17) is 38.3 Å². The van der Waals surface area contributed by atoms with Crippen molar-refractivity contribution >= 4 is 35.2 Å². The highest BCUT2D eigenvalue weighted by Crippen LogP contribution is 2.32. The maximum atomic E-state index is 13.7. The first-order chi connectivity index (χ1) is 19.4. The third-order valence-corrected chi connectivity index (χ3v) is 6.96. The van der Waals surface area contributed by atoms with Crippen LogP contribution in [0.5, 0.6) is 0 Å². The molecule has 3 heterocycles. The van der Waals surface area contributed by atoms with Gasteiger partial charge in [-0.2, -0.15) is 0 Å². The molecule has 2 aromatic carbocycles. The van der Waals surface area contributed by atoms with Crippen LogP contribution in [0.3, 0.4) is 0 Å². The summed E-state index contributed by atoms with van der Waals surface area (Å²) in [4.78, 5) is 34.5. The van der Waals surface area contributed by atoms with Gasteiger partial charge in [0, 0.05) is 34.3 Å².